The lowest BCUT2D eigenvalue weighted by atomic mass is 10.2. The van der Waals surface area contributed by atoms with Gasteiger partial charge in [0.05, 0.1) is 19.4 Å². The molecule has 1 aliphatic heterocycles. The molecule has 0 unspecified atom stereocenters. The monoisotopic (exact) mass is 356 g/mol. The molecule has 6 nitrogen and oxygen atoms in total. The SMILES string of the molecule is O=C(CN(Cc1ccco1)C1CCCC1)Nc1ccc2c(c1)OCCO2. The molecule has 1 aromatic carbocycles. The van der Waals surface area contributed by atoms with E-state index in [9.17, 15) is 4.79 Å². The molecule has 2 heterocycles. The molecule has 0 spiro atoms. The maximum absolute atomic E-state index is 12.6. The minimum Gasteiger partial charge on any atom is -0.486 e. The maximum atomic E-state index is 12.6. The number of carbonyl (C=O) groups excluding carboxylic acids is 1. The smallest absolute Gasteiger partial charge is 0.238 e. The molecule has 1 amide bonds. The van der Waals surface area contributed by atoms with E-state index in [1.807, 2.05) is 30.3 Å². The van der Waals surface area contributed by atoms with Gasteiger partial charge in [-0.3, -0.25) is 9.69 Å². The molecular weight excluding hydrogens is 332 g/mol. The van der Waals surface area contributed by atoms with E-state index in [0.717, 1.165) is 30.0 Å². The summed E-state index contributed by atoms with van der Waals surface area (Å²) in [4.78, 5) is 14.8. The summed E-state index contributed by atoms with van der Waals surface area (Å²) in [6.07, 6.45) is 6.40. The Labute approximate surface area is 153 Å². The Morgan fingerprint density at radius 2 is 1.92 bits per heavy atom. The van der Waals surface area contributed by atoms with Gasteiger partial charge < -0.3 is 19.2 Å². The minimum atomic E-state index is -0.0277. The molecule has 1 aromatic heterocycles. The summed E-state index contributed by atoms with van der Waals surface area (Å²) >= 11 is 0. The normalized spacial score (nSPS) is 16.8. The Morgan fingerprint density at radius 1 is 1.12 bits per heavy atom. The van der Waals surface area contributed by atoms with Crippen LogP contribution in [0.3, 0.4) is 0 Å². The minimum absolute atomic E-state index is 0.0277. The van der Waals surface area contributed by atoms with Crippen molar-refractivity contribution < 1.29 is 18.7 Å². The summed E-state index contributed by atoms with van der Waals surface area (Å²) in [6, 6.07) is 9.78. The van der Waals surface area contributed by atoms with Crippen molar-refractivity contribution in [2.75, 3.05) is 25.1 Å². The van der Waals surface area contributed by atoms with Crippen LogP contribution < -0.4 is 14.8 Å². The van der Waals surface area contributed by atoms with Gasteiger partial charge >= 0.3 is 0 Å². The van der Waals surface area contributed by atoms with Crippen molar-refractivity contribution in [1.29, 1.82) is 0 Å². The lowest BCUT2D eigenvalue weighted by Crippen LogP contribution is -2.39. The Morgan fingerprint density at radius 3 is 2.69 bits per heavy atom. The predicted molar refractivity (Wildman–Crippen MR) is 97.4 cm³/mol. The molecule has 0 bridgehead atoms. The molecule has 4 rings (SSSR count). The van der Waals surface area contributed by atoms with E-state index in [1.165, 1.54) is 12.8 Å². The highest BCUT2D eigenvalue weighted by atomic mass is 16.6. The third kappa shape index (κ3) is 4.02. The number of ether oxygens (including phenoxy) is 2. The molecule has 2 aliphatic rings. The van der Waals surface area contributed by atoms with Gasteiger partial charge in [-0.1, -0.05) is 12.8 Å². The summed E-state index contributed by atoms with van der Waals surface area (Å²) < 4.78 is 16.6. The maximum Gasteiger partial charge on any atom is 0.238 e. The molecule has 0 atom stereocenters. The zero-order valence-electron chi connectivity index (χ0n) is 14.8. The van der Waals surface area contributed by atoms with Gasteiger partial charge in [-0.2, -0.15) is 0 Å². The van der Waals surface area contributed by atoms with Crippen molar-refractivity contribution >= 4 is 11.6 Å². The molecule has 0 saturated heterocycles. The second-order valence-electron chi connectivity index (χ2n) is 6.83. The van der Waals surface area contributed by atoms with Gasteiger partial charge in [-0.05, 0) is 37.1 Å². The van der Waals surface area contributed by atoms with E-state index in [2.05, 4.69) is 10.2 Å². The first-order valence-electron chi connectivity index (χ1n) is 9.24. The quantitative estimate of drug-likeness (QED) is 0.859. The first-order valence-corrected chi connectivity index (χ1v) is 9.24. The number of benzene rings is 1. The number of carbonyl (C=O) groups is 1. The molecular formula is C20H24N2O4. The fraction of sp³-hybridized carbons (Fsp3) is 0.450. The standard InChI is InChI=1S/C20H24N2O4/c23-20(21-15-7-8-18-19(12-15)26-11-10-25-18)14-22(16-4-1-2-5-16)13-17-6-3-9-24-17/h3,6-9,12,16H,1-2,4-5,10-11,13-14H2,(H,21,23). The van der Waals surface area contributed by atoms with Gasteiger partial charge in [0.1, 0.15) is 19.0 Å². The molecule has 1 saturated carbocycles. The fourth-order valence-electron chi connectivity index (χ4n) is 3.69. The number of furan rings is 1. The third-order valence-corrected chi connectivity index (χ3v) is 4.95. The van der Waals surface area contributed by atoms with Crippen molar-refractivity contribution in [3.05, 3.63) is 42.4 Å². The van der Waals surface area contributed by atoms with E-state index in [4.69, 9.17) is 13.9 Å². The largest absolute Gasteiger partial charge is 0.486 e. The summed E-state index contributed by atoms with van der Waals surface area (Å²) in [7, 11) is 0. The Hall–Kier alpha value is -2.47. The van der Waals surface area contributed by atoms with Crippen molar-refractivity contribution in [1.82, 2.24) is 4.90 Å². The zero-order valence-corrected chi connectivity index (χ0v) is 14.8. The van der Waals surface area contributed by atoms with Crippen LogP contribution in [0.2, 0.25) is 0 Å². The molecule has 2 aromatic rings. The molecule has 138 valence electrons. The van der Waals surface area contributed by atoms with Crippen LogP contribution in [-0.4, -0.2) is 36.6 Å². The van der Waals surface area contributed by atoms with Crippen LogP contribution in [0, 0.1) is 0 Å². The second kappa shape index (κ2) is 7.83. The molecule has 26 heavy (non-hydrogen) atoms. The van der Waals surface area contributed by atoms with Crippen LogP contribution in [0.1, 0.15) is 31.4 Å². The number of fused-ring (bicyclic) bond motifs is 1. The Bertz CT molecular complexity index is 738. The van der Waals surface area contributed by atoms with Crippen LogP contribution >= 0.6 is 0 Å². The summed E-state index contributed by atoms with van der Waals surface area (Å²) in [6.45, 7) is 2.09. The number of anilines is 1. The average Bonchev–Trinajstić information content (AvgIpc) is 3.35. The second-order valence-corrected chi connectivity index (χ2v) is 6.83. The van der Waals surface area contributed by atoms with Gasteiger partial charge in [-0.25, -0.2) is 0 Å². The number of rotatable bonds is 6. The van der Waals surface area contributed by atoms with Crippen molar-refractivity contribution in [2.24, 2.45) is 0 Å². The van der Waals surface area contributed by atoms with E-state index in [1.54, 1.807) is 6.26 Å². The van der Waals surface area contributed by atoms with E-state index in [-0.39, 0.29) is 5.91 Å². The highest BCUT2D eigenvalue weighted by molar-refractivity contribution is 5.92. The van der Waals surface area contributed by atoms with E-state index < -0.39 is 0 Å². The third-order valence-electron chi connectivity index (χ3n) is 4.95. The fourth-order valence-corrected chi connectivity index (χ4v) is 3.69. The average molecular weight is 356 g/mol. The predicted octanol–water partition coefficient (Wildman–Crippen LogP) is 3.43. The lowest BCUT2D eigenvalue weighted by molar-refractivity contribution is -0.118. The number of hydrogen-bond donors (Lipinski definition) is 1. The molecule has 1 fully saturated rings. The van der Waals surface area contributed by atoms with Gasteiger partial charge in [0, 0.05) is 17.8 Å². The van der Waals surface area contributed by atoms with Gasteiger partial charge in [-0.15, -0.1) is 0 Å². The molecule has 0 radical (unpaired) electrons. The van der Waals surface area contributed by atoms with Crippen LogP contribution in [0.15, 0.2) is 41.0 Å². The van der Waals surface area contributed by atoms with Gasteiger partial charge in [0.25, 0.3) is 0 Å². The summed E-state index contributed by atoms with van der Waals surface area (Å²) in [5.74, 6) is 2.26. The van der Waals surface area contributed by atoms with E-state index >= 15 is 0 Å². The Kier molecular flexibility index (Phi) is 5.11. The first-order chi connectivity index (χ1) is 12.8. The van der Waals surface area contributed by atoms with Gasteiger partial charge in [0.2, 0.25) is 5.91 Å². The Balaban J connectivity index is 1.41. The van der Waals surface area contributed by atoms with Crippen LogP contribution in [0.5, 0.6) is 11.5 Å². The number of nitrogens with zero attached hydrogens (tertiary/aromatic N) is 1. The highest BCUT2D eigenvalue weighted by Gasteiger charge is 2.25. The van der Waals surface area contributed by atoms with Crippen molar-refractivity contribution in [2.45, 2.75) is 38.3 Å². The summed E-state index contributed by atoms with van der Waals surface area (Å²) in [5, 5.41) is 2.98. The van der Waals surface area contributed by atoms with Crippen LogP contribution in [0.25, 0.3) is 0 Å². The van der Waals surface area contributed by atoms with Crippen LogP contribution in [-0.2, 0) is 11.3 Å². The van der Waals surface area contributed by atoms with Crippen molar-refractivity contribution in [3.63, 3.8) is 0 Å². The zero-order chi connectivity index (χ0) is 17.8. The molecule has 1 N–H and O–H groups in total. The van der Waals surface area contributed by atoms with E-state index in [0.29, 0.717) is 38.1 Å². The van der Waals surface area contributed by atoms with Crippen LogP contribution in [0.4, 0.5) is 5.69 Å². The number of hydrogen-bond acceptors (Lipinski definition) is 5. The first kappa shape index (κ1) is 17.0. The molecule has 1 aliphatic carbocycles. The van der Waals surface area contributed by atoms with Gasteiger partial charge in [0.15, 0.2) is 11.5 Å². The molecule has 6 heteroatoms. The topological polar surface area (TPSA) is 63.9 Å². The number of amides is 1. The number of nitrogens with one attached hydrogen (secondary N) is 1. The van der Waals surface area contributed by atoms with Crippen molar-refractivity contribution in [3.8, 4) is 11.5 Å². The lowest BCUT2D eigenvalue weighted by Gasteiger charge is -2.27. The summed E-state index contributed by atoms with van der Waals surface area (Å²) in [5.41, 5.74) is 0.726. The highest BCUT2D eigenvalue weighted by Crippen LogP contribution is 2.32.